The van der Waals surface area contributed by atoms with Crippen LogP contribution in [-0.4, -0.2) is 24.2 Å². The molecule has 1 aromatic carbocycles. The van der Waals surface area contributed by atoms with Crippen LogP contribution in [0.25, 0.3) is 0 Å². The molecule has 0 spiro atoms. The van der Waals surface area contributed by atoms with Crippen molar-refractivity contribution in [2.24, 2.45) is 4.99 Å². The van der Waals surface area contributed by atoms with E-state index in [9.17, 15) is 4.39 Å². The van der Waals surface area contributed by atoms with E-state index in [1.165, 1.54) is 6.07 Å². The first-order valence-corrected chi connectivity index (χ1v) is 8.31. The summed E-state index contributed by atoms with van der Waals surface area (Å²) in [6, 6.07) is 8.74. The molecule has 0 saturated heterocycles. The highest BCUT2D eigenvalue weighted by molar-refractivity contribution is 14.0. The standard InChI is InChI=1S/C18H25FN4O.HI/c1-4-20-18(21-10-9-14-7-5-6-8-16(14)19)22-12-15-11-17(13(2)3)23-24-15;/h5-8,11,13H,4,9-10,12H2,1-3H3,(H2,20,21,22);1H. The summed E-state index contributed by atoms with van der Waals surface area (Å²) in [5.74, 6) is 1.56. The first kappa shape index (κ1) is 21.4. The molecule has 0 saturated carbocycles. The summed E-state index contributed by atoms with van der Waals surface area (Å²) in [7, 11) is 0. The van der Waals surface area contributed by atoms with Gasteiger partial charge in [0.25, 0.3) is 0 Å². The molecule has 25 heavy (non-hydrogen) atoms. The number of hydrogen-bond donors (Lipinski definition) is 2. The number of rotatable bonds is 7. The van der Waals surface area contributed by atoms with Crippen LogP contribution in [0, 0.1) is 5.82 Å². The van der Waals surface area contributed by atoms with E-state index in [0.717, 1.165) is 18.0 Å². The van der Waals surface area contributed by atoms with Gasteiger partial charge in [-0.1, -0.05) is 37.2 Å². The van der Waals surface area contributed by atoms with E-state index in [2.05, 4.69) is 34.6 Å². The summed E-state index contributed by atoms with van der Waals surface area (Å²) in [4.78, 5) is 4.48. The lowest BCUT2D eigenvalue weighted by atomic mass is 10.1. The normalized spacial score (nSPS) is 11.3. The van der Waals surface area contributed by atoms with Gasteiger partial charge in [-0.25, -0.2) is 9.38 Å². The highest BCUT2D eigenvalue weighted by atomic mass is 127. The van der Waals surface area contributed by atoms with Crippen LogP contribution >= 0.6 is 24.0 Å². The Morgan fingerprint density at radius 3 is 2.68 bits per heavy atom. The minimum atomic E-state index is -0.177. The molecule has 7 heteroatoms. The number of hydrogen-bond acceptors (Lipinski definition) is 3. The maximum absolute atomic E-state index is 13.6. The Balaban J connectivity index is 0.00000312. The van der Waals surface area contributed by atoms with Gasteiger partial charge in [-0.05, 0) is 30.9 Å². The third kappa shape index (κ3) is 7.01. The van der Waals surface area contributed by atoms with Gasteiger partial charge in [-0.15, -0.1) is 24.0 Å². The van der Waals surface area contributed by atoms with Crippen molar-refractivity contribution in [2.45, 2.75) is 39.7 Å². The molecule has 1 heterocycles. The van der Waals surface area contributed by atoms with E-state index >= 15 is 0 Å². The molecule has 0 aliphatic rings. The molecule has 0 aliphatic heterocycles. The average Bonchev–Trinajstić information content (AvgIpc) is 3.03. The van der Waals surface area contributed by atoms with Crippen molar-refractivity contribution in [1.29, 1.82) is 0 Å². The van der Waals surface area contributed by atoms with Crippen molar-refractivity contribution < 1.29 is 8.91 Å². The van der Waals surface area contributed by atoms with Crippen LogP contribution in [-0.2, 0) is 13.0 Å². The van der Waals surface area contributed by atoms with Crippen LogP contribution in [0.15, 0.2) is 39.8 Å². The molecule has 1 aromatic heterocycles. The molecule has 0 aliphatic carbocycles. The SMILES string of the molecule is CCNC(=NCc1cc(C(C)C)no1)NCCc1ccccc1F.I. The topological polar surface area (TPSA) is 62.5 Å². The van der Waals surface area contributed by atoms with E-state index < -0.39 is 0 Å². The van der Waals surface area contributed by atoms with Crippen molar-refractivity contribution in [2.75, 3.05) is 13.1 Å². The molecular weight excluding hydrogens is 434 g/mol. The molecular formula is C18H26FIN4O. The van der Waals surface area contributed by atoms with Crippen LogP contribution in [0.5, 0.6) is 0 Å². The number of aliphatic imine (C=N–C) groups is 1. The van der Waals surface area contributed by atoms with E-state index in [1.807, 2.05) is 19.1 Å². The van der Waals surface area contributed by atoms with Gasteiger partial charge in [0.05, 0.1) is 5.69 Å². The lowest BCUT2D eigenvalue weighted by Gasteiger charge is -2.11. The second kappa shape index (κ2) is 11.1. The molecule has 5 nitrogen and oxygen atoms in total. The zero-order valence-corrected chi connectivity index (χ0v) is 17.2. The summed E-state index contributed by atoms with van der Waals surface area (Å²) in [6.45, 7) is 7.90. The number of benzene rings is 1. The minimum absolute atomic E-state index is 0. The minimum Gasteiger partial charge on any atom is -0.359 e. The number of nitrogens with zero attached hydrogens (tertiary/aromatic N) is 2. The molecule has 2 rings (SSSR count). The lowest BCUT2D eigenvalue weighted by Crippen LogP contribution is -2.38. The second-order valence-corrected chi connectivity index (χ2v) is 5.84. The van der Waals surface area contributed by atoms with Crippen LogP contribution in [0.4, 0.5) is 4.39 Å². The van der Waals surface area contributed by atoms with Crippen LogP contribution < -0.4 is 10.6 Å². The predicted molar refractivity (Wildman–Crippen MR) is 109 cm³/mol. The molecule has 0 bridgehead atoms. The summed E-state index contributed by atoms with van der Waals surface area (Å²) >= 11 is 0. The number of halogens is 2. The van der Waals surface area contributed by atoms with Crippen LogP contribution in [0.3, 0.4) is 0 Å². The Labute approximate surface area is 165 Å². The molecule has 0 radical (unpaired) electrons. The Kier molecular flexibility index (Phi) is 9.48. The molecule has 2 N–H and O–H groups in total. The van der Waals surface area contributed by atoms with Gasteiger partial charge in [0.2, 0.25) is 0 Å². The molecule has 0 atom stereocenters. The number of nitrogens with one attached hydrogen (secondary N) is 2. The smallest absolute Gasteiger partial charge is 0.191 e. The Bertz CT molecular complexity index is 673. The highest BCUT2D eigenvalue weighted by Crippen LogP contribution is 2.14. The summed E-state index contributed by atoms with van der Waals surface area (Å²) < 4.78 is 18.9. The summed E-state index contributed by atoms with van der Waals surface area (Å²) in [5.41, 5.74) is 1.62. The second-order valence-electron chi connectivity index (χ2n) is 5.84. The predicted octanol–water partition coefficient (Wildman–Crippen LogP) is 3.85. The maximum atomic E-state index is 13.6. The van der Waals surface area contributed by atoms with Crippen molar-refractivity contribution in [3.8, 4) is 0 Å². The summed E-state index contributed by atoms with van der Waals surface area (Å²) in [6.07, 6.45) is 0.594. The number of aromatic nitrogens is 1. The van der Waals surface area contributed by atoms with E-state index in [-0.39, 0.29) is 29.8 Å². The van der Waals surface area contributed by atoms with E-state index in [0.29, 0.717) is 37.0 Å². The van der Waals surface area contributed by atoms with Crippen LogP contribution in [0.2, 0.25) is 0 Å². The largest absolute Gasteiger partial charge is 0.359 e. The van der Waals surface area contributed by atoms with Crippen molar-refractivity contribution in [3.05, 3.63) is 53.2 Å². The van der Waals surface area contributed by atoms with Gasteiger partial charge in [0.15, 0.2) is 11.7 Å². The molecule has 2 aromatic rings. The summed E-state index contributed by atoms with van der Waals surface area (Å²) in [5, 5.41) is 10.4. The molecule has 0 fully saturated rings. The fraction of sp³-hybridized carbons (Fsp3) is 0.444. The Morgan fingerprint density at radius 1 is 1.28 bits per heavy atom. The fourth-order valence-corrected chi connectivity index (χ4v) is 2.19. The van der Waals surface area contributed by atoms with E-state index in [1.54, 1.807) is 12.1 Å². The number of guanidine groups is 1. The van der Waals surface area contributed by atoms with Crippen molar-refractivity contribution in [1.82, 2.24) is 15.8 Å². The molecule has 0 amide bonds. The van der Waals surface area contributed by atoms with Gasteiger partial charge >= 0.3 is 0 Å². The van der Waals surface area contributed by atoms with Crippen LogP contribution in [0.1, 0.15) is 43.7 Å². The highest BCUT2D eigenvalue weighted by Gasteiger charge is 2.07. The Hall–Kier alpha value is -1.64. The van der Waals surface area contributed by atoms with Crippen molar-refractivity contribution in [3.63, 3.8) is 0 Å². The molecule has 138 valence electrons. The third-order valence-corrected chi connectivity index (χ3v) is 3.55. The van der Waals surface area contributed by atoms with Gasteiger partial charge in [-0.3, -0.25) is 0 Å². The third-order valence-electron chi connectivity index (χ3n) is 3.55. The average molecular weight is 460 g/mol. The molecule has 0 unspecified atom stereocenters. The first-order chi connectivity index (χ1) is 11.6. The quantitative estimate of drug-likeness (QED) is 0.375. The first-order valence-electron chi connectivity index (χ1n) is 8.31. The van der Waals surface area contributed by atoms with Gasteiger partial charge < -0.3 is 15.2 Å². The van der Waals surface area contributed by atoms with E-state index in [4.69, 9.17) is 4.52 Å². The maximum Gasteiger partial charge on any atom is 0.191 e. The van der Waals surface area contributed by atoms with Gasteiger partial charge in [-0.2, -0.15) is 0 Å². The zero-order chi connectivity index (χ0) is 17.4. The Morgan fingerprint density at radius 2 is 2.04 bits per heavy atom. The van der Waals surface area contributed by atoms with Gasteiger partial charge in [0, 0.05) is 19.2 Å². The lowest BCUT2D eigenvalue weighted by molar-refractivity contribution is 0.376. The zero-order valence-electron chi connectivity index (χ0n) is 14.9. The van der Waals surface area contributed by atoms with Gasteiger partial charge in [0.1, 0.15) is 12.4 Å². The van der Waals surface area contributed by atoms with Crippen molar-refractivity contribution >= 4 is 29.9 Å². The fourth-order valence-electron chi connectivity index (χ4n) is 2.19. The monoisotopic (exact) mass is 460 g/mol.